The van der Waals surface area contributed by atoms with E-state index in [1.165, 1.54) is 7.11 Å². The molecule has 4 amide bonds. The number of nitrogens with one attached hydrogen (secondary N) is 3. The SMILES string of the molecule is COC(=O)N[C@H]1CCCCOCc2cc(-c3ccc4cc(-c5cnc([C@@H]6CCCN6C(=O)OC(C)(C)C)[nH]5)ccc4c3)ccc2NC(=O)[C@@H]2CCCN2C1=O.S.S.S. The van der Waals surface area contributed by atoms with Crippen LogP contribution in [0.3, 0.4) is 0 Å². The van der Waals surface area contributed by atoms with E-state index in [2.05, 4.69) is 63.1 Å². The fourth-order valence-electron chi connectivity index (χ4n) is 7.76. The summed E-state index contributed by atoms with van der Waals surface area (Å²) < 4.78 is 16.5. The number of imidazole rings is 1. The number of fused-ring (bicyclic) bond motifs is 3. The number of alkyl carbamates (subject to hydrolysis) is 1. The first kappa shape index (κ1) is 46.3. The second-order valence-corrected chi connectivity index (χ2v) is 15.6. The lowest BCUT2D eigenvalue weighted by Crippen LogP contribution is -2.52. The van der Waals surface area contributed by atoms with Crippen molar-refractivity contribution in [1.82, 2.24) is 25.1 Å². The quantitative estimate of drug-likeness (QED) is 0.189. The third kappa shape index (κ3) is 10.6. The van der Waals surface area contributed by atoms with Crippen molar-refractivity contribution >= 4 is 80.9 Å². The molecule has 4 heterocycles. The van der Waals surface area contributed by atoms with Gasteiger partial charge in [-0.2, -0.15) is 40.5 Å². The molecule has 2 fully saturated rings. The standard InChI is InChI=1S/C42H50N6O7.3H2S/c1-42(2,3)55-41(52)48-19-7-10-35(48)37-43-24-34(44-37)30-15-14-27-21-26(12-13-28(27)22-30)29-16-17-32-31(23-29)25-54-20-6-5-9-33(46-40(51)53-4)39(50)47-18-8-11-36(47)38(49)45-32;;;/h12-17,21-24,33,35-36H,5-11,18-20,25H2,1-4H3,(H,43,44)(H,45,49)(H,46,51);3*1H2/t33-,35-,36-;;;/m0.../s1. The molecule has 0 bridgehead atoms. The van der Waals surface area contributed by atoms with Gasteiger partial charge < -0.3 is 34.7 Å². The Bertz CT molecular complexity index is 2090. The molecular formula is C42H56N6O7S3. The Morgan fingerprint density at radius 3 is 2.26 bits per heavy atom. The first-order valence-electron chi connectivity index (χ1n) is 19.2. The van der Waals surface area contributed by atoms with E-state index in [1.54, 1.807) is 9.80 Å². The summed E-state index contributed by atoms with van der Waals surface area (Å²) in [5, 5.41) is 7.89. The van der Waals surface area contributed by atoms with Crippen LogP contribution >= 0.6 is 40.5 Å². The van der Waals surface area contributed by atoms with Gasteiger partial charge in [0.2, 0.25) is 11.8 Å². The zero-order valence-electron chi connectivity index (χ0n) is 33.5. The zero-order chi connectivity index (χ0) is 38.7. The number of carbonyl (C=O) groups is 4. The summed E-state index contributed by atoms with van der Waals surface area (Å²) in [6.07, 6.45) is 5.58. The number of carbonyl (C=O) groups excluding carboxylic acids is 4. The van der Waals surface area contributed by atoms with Crippen LogP contribution in [0.15, 0.2) is 60.8 Å². The van der Waals surface area contributed by atoms with Crippen LogP contribution in [0.5, 0.6) is 0 Å². The number of aromatic amines is 1. The molecule has 58 heavy (non-hydrogen) atoms. The first-order valence-corrected chi connectivity index (χ1v) is 19.2. The minimum Gasteiger partial charge on any atom is -0.453 e. The highest BCUT2D eigenvalue weighted by Gasteiger charge is 2.38. The predicted molar refractivity (Wildman–Crippen MR) is 239 cm³/mol. The number of amides is 4. The Kier molecular flexibility index (Phi) is 16.0. The van der Waals surface area contributed by atoms with Crippen molar-refractivity contribution in [2.45, 2.75) is 96.1 Å². The Labute approximate surface area is 360 Å². The monoisotopic (exact) mass is 852 g/mol. The van der Waals surface area contributed by atoms with Crippen molar-refractivity contribution in [2.24, 2.45) is 0 Å². The van der Waals surface area contributed by atoms with Crippen LogP contribution in [0.1, 0.15) is 83.1 Å². The molecule has 3 atom stereocenters. The van der Waals surface area contributed by atoms with Gasteiger partial charge in [-0.3, -0.25) is 14.5 Å². The molecule has 3 aliphatic heterocycles. The molecule has 7 rings (SSSR count). The molecule has 0 radical (unpaired) electrons. The highest BCUT2D eigenvalue weighted by molar-refractivity contribution is 7.59. The van der Waals surface area contributed by atoms with Gasteiger partial charge in [-0.25, -0.2) is 14.6 Å². The molecule has 1 aromatic heterocycles. The van der Waals surface area contributed by atoms with Crippen molar-refractivity contribution in [2.75, 3.05) is 32.1 Å². The van der Waals surface area contributed by atoms with Gasteiger partial charge in [0.05, 0.1) is 31.6 Å². The van der Waals surface area contributed by atoms with E-state index >= 15 is 0 Å². The van der Waals surface area contributed by atoms with Gasteiger partial charge >= 0.3 is 12.2 Å². The maximum atomic E-state index is 13.7. The molecule has 4 aromatic rings. The van der Waals surface area contributed by atoms with Gasteiger partial charge in [0.15, 0.2) is 0 Å². The summed E-state index contributed by atoms with van der Waals surface area (Å²) in [7, 11) is 1.26. The number of likely N-dealkylation sites (tertiary alicyclic amines) is 1. The number of H-pyrrole nitrogens is 1. The van der Waals surface area contributed by atoms with Crippen LogP contribution in [0.4, 0.5) is 15.3 Å². The maximum absolute atomic E-state index is 13.7. The molecular weight excluding hydrogens is 797 g/mol. The Balaban J connectivity index is 0.00000248. The number of anilines is 1. The molecule has 3 aromatic carbocycles. The third-order valence-corrected chi connectivity index (χ3v) is 10.5. The van der Waals surface area contributed by atoms with E-state index in [4.69, 9.17) is 14.2 Å². The zero-order valence-corrected chi connectivity index (χ0v) is 36.5. The van der Waals surface area contributed by atoms with Crippen molar-refractivity contribution in [3.63, 3.8) is 0 Å². The molecule has 0 saturated carbocycles. The second-order valence-electron chi connectivity index (χ2n) is 15.6. The largest absolute Gasteiger partial charge is 0.453 e. The number of methoxy groups -OCH3 is 1. The topological polar surface area (TPSA) is 155 Å². The maximum Gasteiger partial charge on any atom is 0.410 e. The van der Waals surface area contributed by atoms with Gasteiger partial charge in [-0.15, -0.1) is 0 Å². The number of benzene rings is 3. The van der Waals surface area contributed by atoms with E-state index in [0.29, 0.717) is 64.1 Å². The van der Waals surface area contributed by atoms with Crippen molar-refractivity contribution < 1.29 is 33.4 Å². The van der Waals surface area contributed by atoms with Crippen LogP contribution in [-0.2, 0) is 30.4 Å². The lowest BCUT2D eigenvalue weighted by Gasteiger charge is -2.29. The summed E-state index contributed by atoms with van der Waals surface area (Å²) in [4.78, 5) is 63.6. The van der Waals surface area contributed by atoms with E-state index < -0.39 is 23.8 Å². The van der Waals surface area contributed by atoms with Gasteiger partial charge in [-0.1, -0.05) is 30.3 Å². The molecule has 3 N–H and O–H groups in total. The molecule has 314 valence electrons. The Hall–Kier alpha value is -4.38. The third-order valence-electron chi connectivity index (χ3n) is 10.5. The van der Waals surface area contributed by atoms with Crippen LogP contribution < -0.4 is 10.6 Å². The molecule has 0 aliphatic carbocycles. The van der Waals surface area contributed by atoms with E-state index in [0.717, 1.165) is 57.4 Å². The van der Waals surface area contributed by atoms with Crippen LogP contribution in [0.2, 0.25) is 0 Å². The molecule has 0 spiro atoms. The van der Waals surface area contributed by atoms with Gasteiger partial charge in [-0.05, 0) is 112 Å². The minimum absolute atomic E-state index is 0. The molecule has 0 unspecified atom stereocenters. The summed E-state index contributed by atoms with van der Waals surface area (Å²) >= 11 is 0. The Morgan fingerprint density at radius 1 is 0.845 bits per heavy atom. The minimum atomic E-state index is -0.772. The Morgan fingerprint density at radius 2 is 1.52 bits per heavy atom. The van der Waals surface area contributed by atoms with Crippen molar-refractivity contribution in [3.05, 3.63) is 72.2 Å². The van der Waals surface area contributed by atoms with E-state index in [1.807, 2.05) is 39.1 Å². The second kappa shape index (κ2) is 20.1. The lowest BCUT2D eigenvalue weighted by atomic mass is 9.97. The average Bonchev–Trinajstić information content (AvgIpc) is 3.96. The average molecular weight is 853 g/mol. The fraction of sp³-hybridized carbons (Fsp3) is 0.452. The van der Waals surface area contributed by atoms with Gasteiger partial charge in [0, 0.05) is 36.5 Å². The number of ether oxygens (including phenoxy) is 3. The van der Waals surface area contributed by atoms with Crippen molar-refractivity contribution in [1.29, 1.82) is 0 Å². The normalized spacial score (nSPS) is 20.0. The van der Waals surface area contributed by atoms with Crippen LogP contribution in [0.25, 0.3) is 33.2 Å². The number of aromatic nitrogens is 2. The highest BCUT2D eigenvalue weighted by atomic mass is 32.1. The number of hydrogen-bond donors (Lipinski definition) is 3. The molecule has 13 nitrogen and oxygen atoms in total. The van der Waals surface area contributed by atoms with Gasteiger partial charge in [0.1, 0.15) is 23.5 Å². The number of hydrogen-bond acceptors (Lipinski definition) is 8. The number of rotatable bonds is 4. The van der Waals surface area contributed by atoms with E-state index in [-0.39, 0.29) is 64.4 Å². The first-order chi connectivity index (χ1) is 26.5. The summed E-state index contributed by atoms with van der Waals surface area (Å²) in [6.45, 7) is 7.48. The molecule has 3 aliphatic rings. The fourth-order valence-corrected chi connectivity index (χ4v) is 7.76. The summed E-state index contributed by atoms with van der Waals surface area (Å²) in [6, 6.07) is 17.0. The summed E-state index contributed by atoms with van der Waals surface area (Å²) in [5.41, 5.74) is 4.82. The van der Waals surface area contributed by atoms with E-state index in [9.17, 15) is 19.2 Å². The highest BCUT2D eigenvalue weighted by Crippen LogP contribution is 2.35. The van der Waals surface area contributed by atoms with Crippen LogP contribution in [0, 0.1) is 0 Å². The summed E-state index contributed by atoms with van der Waals surface area (Å²) in [5.74, 6) is 0.223. The predicted octanol–water partition coefficient (Wildman–Crippen LogP) is 7.66. The smallest absolute Gasteiger partial charge is 0.410 e. The number of nitrogens with zero attached hydrogens (tertiary/aromatic N) is 3. The van der Waals surface area contributed by atoms with Gasteiger partial charge in [0.25, 0.3) is 0 Å². The molecule has 16 heteroatoms. The lowest BCUT2D eigenvalue weighted by molar-refractivity contribution is -0.138. The van der Waals surface area contributed by atoms with Crippen molar-refractivity contribution in [3.8, 4) is 22.4 Å². The van der Waals surface area contributed by atoms with Crippen LogP contribution in [-0.4, -0.2) is 88.3 Å². The molecule has 2 saturated heterocycles.